The molecule has 0 atom stereocenters. The second kappa shape index (κ2) is 9.71. The molecule has 0 fully saturated rings. The van der Waals surface area contributed by atoms with Gasteiger partial charge in [-0.3, -0.25) is 4.57 Å². The van der Waals surface area contributed by atoms with Gasteiger partial charge in [0.05, 0.1) is 28.3 Å². The molecule has 4 aromatic heterocycles. The van der Waals surface area contributed by atoms with Crippen molar-refractivity contribution in [2.45, 2.75) is 0 Å². The average Bonchev–Trinajstić information content (AvgIpc) is 3.78. The first-order valence-corrected chi connectivity index (χ1v) is 14.5. The van der Waals surface area contributed by atoms with E-state index in [0.29, 0.717) is 23.4 Å². The molecule has 9 rings (SSSR count). The molecule has 5 aromatic carbocycles. The monoisotopic (exact) mass is 568 g/mol. The lowest BCUT2D eigenvalue weighted by Crippen LogP contribution is -1.95. The van der Waals surface area contributed by atoms with E-state index in [9.17, 15) is 0 Å². The van der Waals surface area contributed by atoms with Crippen LogP contribution in [0.1, 0.15) is 0 Å². The number of aromatic nitrogens is 4. The van der Waals surface area contributed by atoms with Gasteiger partial charge in [0.1, 0.15) is 5.75 Å². The van der Waals surface area contributed by atoms with Gasteiger partial charge in [0.15, 0.2) is 0 Å². The van der Waals surface area contributed by atoms with Crippen LogP contribution in [0.25, 0.3) is 66.6 Å². The maximum Gasteiger partial charge on any atom is 0.228 e. The summed E-state index contributed by atoms with van der Waals surface area (Å²) in [6.07, 6.45) is 3.54. The number of benzene rings is 5. The summed E-state index contributed by atoms with van der Waals surface area (Å²) in [7, 11) is 0. The summed E-state index contributed by atoms with van der Waals surface area (Å²) in [5.41, 5.74) is 6.21. The van der Waals surface area contributed by atoms with Crippen LogP contribution >= 0.6 is 0 Å². The smallest absolute Gasteiger partial charge is 0.228 e. The predicted molar refractivity (Wildman–Crippen MR) is 175 cm³/mol. The Morgan fingerprint density at radius 1 is 0.523 bits per heavy atom. The van der Waals surface area contributed by atoms with Gasteiger partial charge in [0.2, 0.25) is 17.7 Å². The number of fused-ring (bicyclic) bond motifs is 6. The maximum atomic E-state index is 6.50. The van der Waals surface area contributed by atoms with E-state index in [1.54, 1.807) is 6.20 Å². The van der Waals surface area contributed by atoms with Gasteiger partial charge in [-0.15, -0.1) is 0 Å². The maximum absolute atomic E-state index is 6.50. The molecule has 4 heterocycles. The highest BCUT2D eigenvalue weighted by Gasteiger charge is 2.18. The van der Waals surface area contributed by atoms with Crippen LogP contribution in [-0.4, -0.2) is 19.1 Å². The Hall–Kier alpha value is -6.14. The number of rotatable bonds is 5. The van der Waals surface area contributed by atoms with Crippen LogP contribution in [0.3, 0.4) is 0 Å². The molecule has 0 saturated carbocycles. The van der Waals surface area contributed by atoms with Crippen molar-refractivity contribution in [3.05, 3.63) is 146 Å². The zero-order valence-corrected chi connectivity index (χ0v) is 23.5. The largest absolute Gasteiger partial charge is 0.439 e. The molecule has 0 aliphatic carbocycles. The predicted octanol–water partition coefficient (Wildman–Crippen LogP) is 9.72. The van der Waals surface area contributed by atoms with Gasteiger partial charge in [-0.05, 0) is 48.5 Å². The van der Waals surface area contributed by atoms with Gasteiger partial charge in [-0.25, -0.2) is 9.97 Å². The molecule has 0 unspecified atom stereocenters. The zero-order chi connectivity index (χ0) is 29.0. The van der Waals surface area contributed by atoms with Crippen LogP contribution in [0, 0.1) is 0 Å². The van der Waals surface area contributed by atoms with E-state index >= 15 is 0 Å². The topological polar surface area (TPSA) is 58.0 Å². The molecule has 9 aromatic rings. The van der Waals surface area contributed by atoms with Crippen molar-refractivity contribution < 1.29 is 9.15 Å². The number of para-hydroxylation sites is 3. The third-order valence-electron chi connectivity index (χ3n) is 8.15. The molecule has 0 radical (unpaired) electrons. The van der Waals surface area contributed by atoms with Gasteiger partial charge < -0.3 is 13.7 Å². The summed E-state index contributed by atoms with van der Waals surface area (Å²) in [5.74, 6) is 2.51. The Labute approximate surface area is 252 Å². The van der Waals surface area contributed by atoms with Gasteiger partial charge >= 0.3 is 0 Å². The number of ether oxygens (including phenoxy) is 1. The molecule has 208 valence electrons. The van der Waals surface area contributed by atoms with Crippen molar-refractivity contribution in [1.29, 1.82) is 0 Å². The number of pyridine rings is 1. The molecule has 0 bridgehead atoms. The lowest BCUT2D eigenvalue weighted by atomic mass is 10.1. The van der Waals surface area contributed by atoms with Gasteiger partial charge in [-0.2, -0.15) is 0 Å². The van der Waals surface area contributed by atoms with Crippen molar-refractivity contribution >= 4 is 43.6 Å². The molecule has 0 saturated heterocycles. The molecule has 0 N–H and O–H groups in total. The zero-order valence-electron chi connectivity index (χ0n) is 23.5. The lowest BCUT2D eigenvalue weighted by molar-refractivity contribution is 0.463. The second-order valence-corrected chi connectivity index (χ2v) is 10.7. The van der Waals surface area contributed by atoms with Crippen LogP contribution in [0.5, 0.6) is 11.6 Å². The average molecular weight is 569 g/mol. The lowest BCUT2D eigenvalue weighted by Gasteiger charge is -2.11. The fraction of sp³-hybridized carbons (Fsp3) is 0. The molecular formula is C38H24N4O2. The molecular weight excluding hydrogens is 544 g/mol. The third-order valence-corrected chi connectivity index (χ3v) is 8.15. The van der Waals surface area contributed by atoms with E-state index < -0.39 is 0 Å². The highest BCUT2D eigenvalue weighted by atomic mass is 16.5. The number of oxazole rings is 1. The molecule has 6 nitrogen and oxygen atoms in total. The summed E-state index contributed by atoms with van der Waals surface area (Å²) in [4.78, 5) is 9.07. The van der Waals surface area contributed by atoms with Crippen LogP contribution in [0.15, 0.2) is 150 Å². The van der Waals surface area contributed by atoms with Crippen molar-refractivity contribution in [3.63, 3.8) is 0 Å². The summed E-state index contributed by atoms with van der Waals surface area (Å²) in [5, 5.41) is 4.68. The quantitative estimate of drug-likeness (QED) is 0.207. The number of hydrogen-bond acceptors (Lipinski definition) is 4. The van der Waals surface area contributed by atoms with Gasteiger partial charge in [0.25, 0.3) is 0 Å². The highest BCUT2D eigenvalue weighted by molar-refractivity contribution is 6.10. The summed E-state index contributed by atoms with van der Waals surface area (Å²) in [6.45, 7) is 0. The van der Waals surface area contributed by atoms with Crippen LogP contribution < -0.4 is 4.74 Å². The minimum absolute atomic E-state index is 0.553. The minimum atomic E-state index is 0.553. The van der Waals surface area contributed by atoms with Crippen LogP contribution in [-0.2, 0) is 0 Å². The summed E-state index contributed by atoms with van der Waals surface area (Å²) in [6, 6.07) is 45.3. The van der Waals surface area contributed by atoms with E-state index in [0.717, 1.165) is 38.7 Å². The molecule has 0 aliphatic rings. The minimum Gasteiger partial charge on any atom is -0.439 e. The van der Waals surface area contributed by atoms with Crippen molar-refractivity contribution in [2.24, 2.45) is 0 Å². The Balaban J connectivity index is 1.19. The number of hydrogen-bond donors (Lipinski definition) is 0. The number of nitrogens with zero attached hydrogens (tertiary/aromatic N) is 4. The Kier molecular flexibility index (Phi) is 5.40. The second-order valence-electron chi connectivity index (χ2n) is 10.7. The normalized spacial score (nSPS) is 11.6. The fourth-order valence-corrected chi connectivity index (χ4v) is 6.26. The first kappa shape index (κ1) is 24.5. The van der Waals surface area contributed by atoms with Crippen molar-refractivity contribution in [2.75, 3.05) is 0 Å². The summed E-state index contributed by atoms with van der Waals surface area (Å²) < 4.78 is 17.0. The molecule has 6 heteroatoms. The van der Waals surface area contributed by atoms with Gasteiger partial charge in [0, 0.05) is 51.1 Å². The van der Waals surface area contributed by atoms with Crippen molar-refractivity contribution in [3.8, 4) is 34.7 Å². The van der Waals surface area contributed by atoms with Crippen LogP contribution in [0.2, 0.25) is 0 Å². The summed E-state index contributed by atoms with van der Waals surface area (Å²) >= 11 is 0. The molecule has 0 aliphatic heterocycles. The first-order chi connectivity index (χ1) is 21.8. The Morgan fingerprint density at radius 3 is 1.89 bits per heavy atom. The molecule has 0 spiro atoms. The SMILES string of the molecule is c1ccc(Oc2cccc(-n3c4ccccc4c4ccc(-c5ncc(-n6c7ccccc7c7ccccc76)o5)cc43)c2)nc1. The standard InChI is InChI=1S/C38H24N4O2/c1-4-15-32-30(14-1)31-20-19-25(22-35(31)41(32)26-10-9-11-27(23-26)43-36-18-7-8-21-39-36)38-40-24-37(44-38)42-33-16-5-2-12-28(33)29-13-3-6-17-34(29)42/h1-24H. The van der Waals surface area contributed by atoms with Crippen molar-refractivity contribution in [1.82, 2.24) is 19.1 Å². The Bertz CT molecular complexity index is 2430. The Morgan fingerprint density at radius 2 is 1.18 bits per heavy atom. The molecule has 0 amide bonds. The first-order valence-electron chi connectivity index (χ1n) is 14.5. The van der Waals surface area contributed by atoms with Crippen LogP contribution in [0.4, 0.5) is 0 Å². The van der Waals surface area contributed by atoms with E-state index in [-0.39, 0.29) is 0 Å². The third kappa shape index (κ3) is 3.82. The van der Waals surface area contributed by atoms with Gasteiger partial charge in [-0.1, -0.05) is 72.8 Å². The van der Waals surface area contributed by atoms with E-state index in [1.165, 1.54) is 16.2 Å². The fourth-order valence-electron chi connectivity index (χ4n) is 6.26. The van der Waals surface area contributed by atoms with E-state index in [2.05, 4.69) is 111 Å². The molecule has 44 heavy (non-hydrogen) atoms. The van der Waals surface area contributed by atoms with E-state index in [4.69, 9.17) is 14.1 Å². The highest BCUT2D eigenvalue weighted by Crippen LogP contribution is 2.37. The van der Waals surface area contributed by atoms with E-state index in [1.807, 2.05) is 42.6 Å².